The maximum Gasteiger partial charge on any atom is 0.575 e. The first-order chi connectivity index (χ1) is 13.7. The van der Waals surface area contributed by atoms with Crippen LogP contribution in [0.1, 0.15) is 43.2 Å². The lowest BCUT2D eigenvalue weighted by atomic mass is 9.76. The number of benzene rings is 1. The zero-order valence-corrected chi connectivity index (χ0v) is 16.2. The van der Waals surface area contributed by atoms with Crippen molar-refractivity contribution in [2.45, 2.75) is 38.1 Å². The van der Waals surface area contributed by atoms with Gasteiger partial charge in [-0.25, -0.2) is 4.39 Å². The molecule has 0 radical (unpaired) electrons. The minimum atomic E-state index is -4.85. The molecule has 0 saturated heterocycles. The highest BCUT2D eigenvalue weighted by molar-refractivity contribution is 5.38. The molecule has 5 nitrogen and oxygen atoms in total. The van der Waals surface area contributed by atoms with Crippen molar-refractivity contribution in [3.63, 3.8) is 0 Å². The molecule has 0 bridgehead atoms. The van der Waals surface area contributed by atoms with Crippen molar-refractivity contribution in [2.24, 2.45) is 11.8 Å². The van der Waals surface area contributed by atoms with Gasteiger partial charge in [0, 0.05) is 6.04 Å². The number of hydrogen-bond donors (Lipinski definition) is 0. The van der Waals surface area contributed by atoms with Crippen LogP contribution in [0.25, 0.3) is 6.08 Å². The summed E-state index contributed by atoms with van der Waals surface area (Å²) in [6.45, 7) is 0. The highest BCUT2D eigenvalue weighted by Gasteiger charge is 2.33. The Hall–Kier alpha value is -2.42. The van der Waals surface area contributed by atoms with Gasteiger partial charge in [-0.1, -0.05) is 18.2 Å². The quantitative estimate of drug-likeness (QED) is 0.607. The number of nitrogens with zero attached hydrogens (tertiary/aromatic N) is 3. The fourth-order valence-corrected chi connectivity index (χ4v) is 3.99. The molecule has 0 amide bonds. The van der Waals surface area contributed by atoms with Gasteiger partial charge in [0.15, 0.2) is 0 Å². The minimum Gasteiger partial charge on any atom is -0.368 e. The van der Waals surface area contributed by atoms with Crippen LogP contribution < -0.4 is 4.74 Å². The molecule has 1 aliphatic carbocycles. The standard InChI is InChI=1S/C20H23F4N3O2/c1-27(2)18(15-4-3-5-16(21)12-15)14-9-6-13(7-10-14)8-11-17-25-19(26-29-17)28-20(22,23)24/h3-5,8,11-14,18H,6-7,9-10H2,1-2H3. The van der Waals surface area contributed by atoms with Crippen molar-refractivity contribution in [1.82, 2.24) is 15.0 Å². The average molecular weight is 413 g/mol. The van der Waals surface area contributed by atoms with E-state index >= 15 is 0 Å². The van der Waals surface area contributed by atoms with Gasteiger partial charge in [0.1, 0.15) is 5.82 Å². The first-order valence-electron chi connectivity index (χ1n) is 9.41. The van der Waals surface area contributed by atoms with E-state index in [9.17, 15) is 17.6 Å². The summed E-state index contributed by atoms with van der Waals surface area (Å²) in [4.78, 5) is 5.67. The fourth-order valence-electron chi connectivity index (χ4n) is 3.99. The Balaban J connectivity index is 1.57. The monoisotopic (exact) mass is 413 g/mol. The van der Waals surface area contributed by atoms with E-state index in [2.05, 4.69) is 19.8 Å². The molecule has 1 unspecified atom stereocenters. The molecule has 0 spiro atoms. The second-order valence-electron chi connectivity index (χ2n) is 7.46. The minimum absolute atomic E-state index is 0.0303. The second kappa shape index (κ2) is 8.94. The normalized spacial score (nSPS) is 21.6. The Bertz CT molecular complexity index is 827. The van der Waals surface area contributed by atoms with E-state index in [-0.39, 0.29) is 23.7 Å². The lowest BCUT2D eigenvalue weighted by Gasteiger charge is -2.37. The molecule has 158 valence electrons. The topological polar surface area (TPSA) is 51.4 Å². The summed E-state index contributed by atoms with van der Waals surface area (Å²) in [5.74, 6) is 0.392. The predicted octanol–water partition coefficient (Wildman–Crippen LogP) is 5.23. The largest absolute Gasteiger partial charge is 0.575 e. The molecule has 1 aliphatic rings. The molecule has 2 aromatic rings. The van der Waals surface area contributed by atoms with Crippen LogP contribution in [0.15, 0.2) is 34.9 Å². The summed E-state index contributed by atoms with van der Waals surface area (Å²) >= 11 is 0. The van der Waals surface area contributed by atoms with Crippen LogP contribution in [0.5, 0.6) is 6.01 Å². The number of aromatic nitrogens is 2. The van der Waals surface area contributed by atoms with E-state index in [1.54, 1.807) is 12.1 Å². The molecule has 29 heavy (non-hydrogen) atoms. The van der Waals surface area contributed by atoms with Gasteiger partial charge >= 0.3 is 12.4 Å². The van der Waals surface area contributed by atoms with Gasteiger partial charge in [-0.05, 0) is 80.5 Å². The van der Waals surface area contributed by atoms with Crippen LogP contribution in [0.3, 0.4) is 0 Å². The van der Waals surface area contributed by atoms with Gasteiger partial charge in [-0.3, -0.25) is 0 Å². The van der Waals surface area contributed by atoms with Crippen LogP contribution >= 0.6 is 0 Å². The van der Waals surface area contributed by atoms with Crippen molar-refractivity contribution >= 4 is 6.08 Å². The third-order valence-electron chi connectivity index (χ3n) is 5.15. The number of rotatable bonds is 6. The van der Waals surface area contributed by atoms with Gasteiger partial charge in [0.25, 0.3) is 5.89 Å². The number of alkyl halides is 3. The fraction of sp³-hybridized carbons (Fsp3) is 0.500. The van der Waals surface area contributed by atoms with Crippen molar-refractivity contribution in [2.75, 3.05) is 14.1 Å². The molecular weight excluding hydrogens is 390 g/mol. The van der Waals surface area contributed by atoms with E-state index in [1.807, 2.05) is 26.2 Å². The lowest BCUT2D eigenvalue weighted by molar-refractivity contribution is -0.278. The molecular formula is C20H23F4N3O2. The molecule has 1 aromatic carbocycles. The number of halogens is 4. The Morgan fingerprint density at radius 1 is 1.21 bits per heavy atom. The SMILES string of the molecule is CN(C)C(c1cccc(F)c1)C1CCC(C=Cc2nc(OC(F)(F)F)no2)CC1. The van der Waals surface area contributed by atoms with Crippen LogP contribution in [0, 0.1) is 17.7 Å². The zero-order chi connectivity index (χ0) is 21.0. The Kier molecular flexibility index (Phi) is 6.56. The van der Waals surface area contributed by atoms with Gasteiger partial charge < -0.3 is 14.2 Å². The Morgan fingerprint density at radius 3 is 2.55 bits per heavy atom. The average Bonchev–Trinajstić information content (AvgIpc) is 3.06. The van der Waals surface area contributed by atoms with E-state index in [4.69, 9.17) is 4.52 Å². The highest BCUT2D eigenvalue weighted by Crippen LogP contribution is 2.40. The van der Waals surface area contributed by atoms with Crippen molar-refractivity contribution in [1.29, 1.82) is 0 Å². The third kappa shape index (κ3) is 6.03. The van der Waals surface area contributed by atoms with Crippen LogP contribution in [-0.4, -0.2) is 35.5 Å². The van der Waals surface area contributed by atoms with E-state index in [1.165, 1.54) is 12.1 Å². The Morgan fingerprint density at radius 2 is 1.93 bits per heavy atom. The van der Waals surface area contributed by atoms with E-state index in [0.717, 1.165) is 31.2 Å². The molecule has 1 saturated carbocycles. The Labute approximate surface area is 166 Å². The van der Waals surface area contributed by atoms with Gasteiger partial charge in [-0.2, -0.15) is 4.98 Å². The first-order valence-corrected chi connectivity index (χ1v) is 9.41. The third-order valence-corrected chi connectivity index (χ3v) is 5.15. The summed E-state index contributed by atoms with van der Waals surface area (Å²) < 4.78 is 58.4. The molecule has 1 aromatic heterocycles. The van der Waals surface area contributed by atoms with Crippen LogP contribution in [0.2, 0.25) is 0 Å². The second-order valence-corrected chi connectivity index (χ2v) is 7.46. The summed E-state index contributed by atoms with van der Waals surface area (Å²) in [5, 5.41) is 3.14. The van der Waals surface area contributed by atoms with Crippen molar-refractivity contribution in [3.05, 3.63) is 47.6 Å². The molecule has 0 aliphatic heterocycles. The molecule has 1 atom stereocenters. The number of allylic oxidation sites excluding steroid dienone is 1. The molecule has 1 fully saturated rings. The van der Waals surface area contributed by atoms with Gasteiger partial charge in [0.05, 0.1) is 0 Å². The smallest absolute Gasteiger partial charge is 0.368 e. The molecule has 1 heterocycles. The number of ether oxygens (including phenoxy) is 1. The summed E-state index contributed by atoms with van der Waals surface area (Å²) in [7, 11) is 4.00. The van der Waals surface area contributed by atoms with Gasteiger partial charge in [0.2, 0.25) is 0 Å². The van der Waals surface area contributed by atoms with Crippen LogP contribution in [0.4, 0.5) is 17.6 Å². The number of hydrogen-bond acceptors (Lipinski definition) is 5. The van der Waals surface area contributed by atoms with Gasteiger partial charge in [-0.15, -0.1) is 13.2 Å². The predicted molar refractivity (Wildman–Crippen MR) is 98.3 cm³/mol. The maximum atomic E-state index is 13.7. The van der Waals surface area contributed by atoms with E-state index < -0.39 is 12.4 Å². The van der Waals surface area contributed by atoms with Crippen molar-refractivity contribution in [3.8, 4) is 6.01 Å². The van der Waals surface area contributed by atoms with E-state index in [0.29, 0.717) is 5.92 Å². The summed E-state index contributed by atoms with van der Waals surface area (Å²) in [5.41, 5.74) is 0.969. The van der Waals surface area contributed by atoms with Crippen LogP contribution in [-0.2, 0) is 0 Å². The lowest BCUT2D eigenvalue weighted by Crippen LogP contribution is -2.30. The molecule has 3 rings (SSSR count). The zero-order valence-electron chi connectivity index (χ0n) is 16.2. The highest BCUT2D eigenvalue weighted by atomic mass is 19.4. The molecule has 0 N–H and O–H groups in total. The molecule has 9 heteroatoms. The first kappa shape index (κ1) is 21.3. The van der Waals surface area contributed by atoms with Crippen molar-refractivity contribution < 1.29 is 26.8 Å². The summed E-state index contributed by atoms with van der Waals surface area (Å²) in [6.07, 6.45) is 2.31. The maximum absolute atomic E-state index is 13.7. The summed E-state index contributed by atoms with van der Waals surface area (Å²) in [6, 6.07) is 6.00.